The van der Waals surface area contributed by atoms with Crippen LogP contribution in [0.25, 0.3) is 11.1 Å². The van der Waals surface area contributed by atoms with Gasteiger partial charge in [-0.05, 0) is 53.9 Å². The van der Waals surface area contributed by atoms with Crippen molar-refractivity contribution in [1.82, 2.24) is 10.6 Å². The van der Waals surface area contributed by atoms with Crippen molar-refractivity contribution < 1.29 is 24.2 Å². The molecule has 0 bridgehead atoms. The van der Waals surface area contributed by atoms with Crippen molar-refractivity contribution in [2.75, 3.05) is 6.61 Å². The van der Waals surface area contributed by atoms with Gasteiger partial charge < -0.3 is 20.5 Å². The number of ether oxygens (including phenoxy) is 1. The number of hydrogen-bond acceptors (Lipinski definition) is 4. The molecule has 7 heteroatoms. The summed E-state index contributed by atoms with van der Waals surface area (Å²) in [5, 5.41) is 14.9. The first kappa shape index (κ1) is 24.8. The minimum atomic E-state index is -0.906. The zero-order valence-electron chi connectivity index (χ0n) is 20.2. The van der Waals surface area contributed by atoms with E-state index in [4.69, 9.17) is 9.84 Å². The molecule has 0 radical (unpaired) electrons. The van der Waals surface area contributed by atoms with E-state index in [0.717, 1.165) is 25.7 Å². The van der Waals surface area contributed by atoms with E-state index < -0.39 is 12.1 Å². The van der Waals surface area contributed by atoms with E-state index >= 15 is 0 Å². The number of alkyl carbamates (subject to hydrolysis) is 1. The van der Waals surface area contributed by atoms with Crippen molar-refractivity contribution in [1.29, 1.82) is 0 Å². The van der Waals surface area contributed by atoms with Crippen molar-refractivity contribution in [3.05, 3.63) is 59.7 Å². The molecule has 2 aromatic carbocycles. The maximum Gasteiger partial charge on any atom is 0.407 e. The van der Waals surface area contributed by atoms with Crippen molar-refractivity contribution in [2.45, 2.75) is 69.9 Å². The van der Waals surface area contributed by atoms with Gasteiger partial charge in [0.25, 0.3) is 0 Å². The van der Waals surface area contributed by atoms with E-state index in [-0.39, 0.29) is 42.9 Å². The summed E-state index contributed by atoms with van der Waals surface area (Å²) < 4.78 is 5.65. The van der Waals surface area contributed by atoms with E-state index in [9.17, 15) is 14.4 Å². The van der Waals surface area contributed by atoms with Crippen LogP contribution in [0.3, 0.4) is 0 Å². The second-order valence-corrected chi connectivity index (χ2v) is 9.70. The molecule has 0 aliphatic heterocycles. The highest BCUT2D eigenvalue weighted by Gasteiger charge is 2.31. The first-order valence-corrected chi connectivity index (χ1v) is 12.6. The summed E-state index contributed by atoms with van der Waals surface area (Å²) in [6.45, 7) is 2.25. The summed E-state index contributed by atoms with van der Waals surface area (Å²) in [5.41, 5.74) is 4.74. The maximum atomic E-state index is 12.6. The predicted octanol–water partition coefficient (Wildman–Crippen LogP) is 4.84. The Morgan fingerprint density at radius 1 is 1.03 bits per heavy atom. The molecule has 1 saturated carbocycles. The highest BCUT2D eigenvalue weighted by Crippen LogP contribution is 2.44. The van der Waals surface area contributed by atoms with E-state index in [0.29, 0.717) is 12.8 Å². The second kappa shape index (κ2) is 11.4. The van der Waals surface area contributed by atoms with Crippen LogP contribution >= 0.6 is 0 Å². The van der Waals surface area contributed by atoms with Gasteiger partial charge in [0.1, 0.15) is 6.61 Å². The van der Waals surface area contributed by atoms with Crippen LogP contribution in [0.2, 0.25) is 0 Å². The lowest BCUT2D eigenvalue weighted by Gasteiger charge is -2.18. The van der Waals surface area contributed by atoms with Crippen LogP contribution in [0.4, 0.5) is 4.79 Å². The number of fused-ring (bicyclic) bond motifs is 3. The lowest BCUT2D eigenvalue weighted by atomic mass is 9.98. The van der Waals surface area contributed by atoms with E-state index in [1.807, 2.05) is 31.2 Å². The van der Waals surface area contributed by atoms with Crippen LogP contribution < -0.4 is 10.6 Å². The standard InChI is InChI=1S/C28H34N2O5/c1-2-7-19(16-27(32)33)29-26(31)15-18-12-13-20(14-18)30-28(34)35-17-25-23-10-5-3-8-21(23)22-9-4-6-11-24(22)25/h3-6,8-11,18-20,25H,2,7,12-17H2,1H3,(H,29,31)(H,30,34)(H,32,33)/t18-,19?,20+/m0/s1. The second-order valence-electron chi connectivity index (χ2n) is 9.70. The number of aliphatic carboxylic acids is 1. The number of carboxylic acid groups (broad SMARTS) is 1. The Kier molecular flexibility index (Phi) is 8.06. The van der Waals surface area contributed by atoms with Crippen molar-refractivity contribution >= 4 is 18.0 Å². The van der Waals surface area contributed by atoms with E-state index in [2.05, 4.69) is 34.9 Å². The van der Waals surface area contributed by atoms with Gasteiger partial charge in [-0.2, -0.15) is 0 Å². The Morgan fingerprint density at radius 2 is 1.69 bits per heavy atom. The fraction of sp³-hybridized carbons (Fsp3) is 0.464. The Labute approximate surface area is 206 Å². The summed E-state index contributed by atoms with van der Waals surface area (Å²) in [6, 6.07) is 16.1. The third kappa shape index (κ3) is 6.21. The highest BCUT2D eigenvalue weighted by molar-refractivity contribution is 5.79. The number of amides is 2. The summed E-state index contributed by atoms with van der Waals surface area (Å²) in [7, 11) is 0. The first-order valence-electron chi connectivity index (χ1n) is 12.6. The average Bonchev–Trinajstić information content (AvgIpc) is 3.39. The number of carbonyl (C=O) groups is 3. The molecule has 2 aromatic rings. The minimum absolute atomic E-state index is 0.0195. The SMILES string of the molecule is CCCC(CC(=O)O)NC(=O)C[C@H]1CC[C@@H](NC(=O)OCC2c3ccccc3-c3ccccc32)C1. The Hall–Kier alpha value is -3.35. The molecule has 186 valence electrons. The van der Waals surface area contributed by atoms with Gasteiger partial charge in [-0.1, -0.05) is 61.9 Å². The molecule has 2 aliphatic rings. The summed E-state index contributed by atoms with van der Waals surface area (Å²) in [4.78, 5) is 36.0. The number of rotatable bonds is 10. The molecule has 0 aromatic heterocycles. The average molecular weight is 479 g/mol. The lowest BCUT2D eigenvalue weighted by Crippen LogP contribution is -2.37. The molecule has 1 fully saturated rings. The molecule has 3 atom stereocenters. The van der Waals surface area contributed by atoms with Gasteiger partial charge in [0.05, 0.1) is 6.42 Å². The van der Waals surface area contributed by atoms with Gasteiger partial charge >= 0.3 is 12.1 Å². The monoisotopic (exact) mass is 478 g/mol. The molecule has 4 rings (SSSR count). The van der Waals surface area contributed by atoms with Crippen LogP contribution in [0.1, 0.15) is 68.9 Å². The largest absolute Gasteiger partial charge is 0.481 e. The van der Waals surface area contributed by atoms with Crippen LogP contribution in [0.15, 0.2) is 48.5 Å². The topological polar surface area (TPSA) is 105 Å². The number of nitrogens with one attached hydrogen (secondary N) is 2. The molecule has 2 amide bonds. The van der Waals surface area contributed by atoms with E-state index in [1.165, 1.54) is 22.3 Å². The molecule has 1 unspecified atom stereocenters. The quantitative estimate of drug-likeness (QED) is 0.453. The summed E-state index contributed by atoms with van der Waals surface area (Å²) in [6.07, 6.45) is 3.69. The summed E-state index contributed by atoms with van der Waals surface area (Å²) in [5.74, 6) is -0.829. The third-order valence-electron chi connectivity index (χ3n) is 7.10. The maximum absolute atomic E-state index is 12.6. The molecule has 3 N–H and O–H groups in total. The number of hydrogen-bond donors (Lipinski definition) is 3. The molecule has 0 saturated heterocycles. The molecule has 7 nitrogen and oxygen atoms in total. The normalized spacial score (nSPS) is 19.5. The first-order chi connectivity index (χ1) is 16.9. The van der Waals surface area contributed by atoms with Gasteiger partial charge in [0.15, 0.2) is 0 Å². The smallest absolute Gasteiger partial charge is 0.407 e. The van der Waals surface area contributed by atoms with E-state index in [1.54, 1.807) is 0 Å². The van der Waals surface area contributed by atoms with Crippen LogP contribution in [-0.4, -0.2) is 41.8 Å². The molecule has 0 spiro atoms. The Balaban J connectivity index is 1.24. The van der Waals surface area contributed by atoms with Gasteiger partial charge in [-0.15, -0.1) is 0 Å². The van der Waals surface area contributed by atoms with Crippen LogP contribution in [-0.2, 0) is 14.3 Å². The van der Waals surface area contributed by atoms with Crippen LogP contribution in [0.5, 0.6) is 0 Å². The molecule has 35 heavy (non-hydrogen) atoms. The van der Waals surface area contributed by atoms with Crippen LogP contribution in [0, 0.1) is 5.92 Å². The molecular formula is C28H34N2O5. The van der Waals surface area contributed by atoms with Crippen molar-refractivity contribution in [2.24, 2.45) is 5.92 Å². The third-order valence-corrected chi connectivity index (χ3v) is 7.10. The van der Waals surface area contributed by atoms with Gasteiger partial charge in [0, 0.05) is 24.4 Å². The fourth-order valence-electron chi connectivity index (χ4n) is 5.53. The lowest BCUT2D eigenvalue weighted by molar-refractivity contribution is -0.137. The number of benzene rings is 2. The predicted molar refractivity (Wildman–Crippen MR) is 133 cm³/mol. The zero-order valence-corrected chi connectivity index (χ0v) is 20.2. The summed E-state index contributed by atoms with van der Waals surface area (Å²) >= 11 is 0. The fourth-order valence-corrected chi connectivity index (χ4v) is 5.53. The molecular weight excluding hydrogens is 444 g/mol. The highest BCUT2D eigenvalue weighted by atomic mass is 16.5. The zero-order chi connectivity index (χ0) is 24.8. The number of carbonyl (C=O) groups excluding carboxylic acids is 2. The Bertz CT molecular complexity index is 1020. The van der Waals surface area contributed by atoms with Gasteiger partial charge in [0.2, 0.25) is 5.91 Å². The number of carboxylic acids is 1. The Morgan fingerprint density at radius 3 is 2.31 bits per heavy atom. The minimum Gasteiger partial charge on any atom is -0.481 e. The van der Waals surface area contributed by atoms with Crippen molar-refractivity contribution in [3.8, 4) is 11.1 Å². The molecule has 2 aliphatic carbocycles. The van der Waals surface area contributed by atoms with Gasteiger partial charge in [-0.3, -0.25) is 9.59 Å². The van der Waals surface area contributed by atoms with Gasteiger partial charge in [-0.25, -0.2) is 4.79 Å². The molecule has 0 heterocycles. The van der Waals surface area contributed by atoms with Crippen molar-refractivity contribution in [3.63, 3.8) is 0 Å².